The maximum absolute atomic E-state index is 5.52. The molecule has 0 radical (unpaired) electrons. The monoisotopic (exact) mass is 282 g/mol. The third-order valence-electron chi connectivity index (χ3n) is 3.32. The van der Waals surface area contributed by atoms with E-state index < -0.39 is 0 Å². The van der Waals surface area contributed by atoms with Crippen molar-refractivity contribution in [2.45, 2.75) is 31.0 Å². The Bertz CT molecular complexity index is 410. The molecule has 6 heteroatoms. The van der Waals surface area contributed by atoms with E-state index in [0.717, 1.165) is 24.1 Å². The standard InChI is InChI=1S/C13H22N4OS/c1-4-18-12-8-11(15-13(16-12)19-3)17(2)10-6-5-7-14-9-10/h8,10,14H,4-7,9H2,1-3H3/t10-/m1/s1. The average Bonchev–Trinajstić information content (AvgIpc) is 2.47. The van der Waals surface area contributed by atoms with Crippen molar-refractivity contribution in [1.82, 2.24) is 15.3 Å². The summed E-state index contributed by atoms with van der Waals surface area (Å²) < 4.78 is 5.52. The summed E-state index contributed by atoms with van der Waals surface area (Å²) >= 11 is 1.54. The van der Waals surface area contributed by atoms with Crippen molar-refractivity contribution in [1.29, 1.82) is 0 Å². The van der Waals surface area contributed by atoms with Crippen LogP contribution in [0.25, 0.3) is 0 Å². The maximum Gasteiger partial charge on any atom is 0.219 e. The molecule has 19 heavy (non-hydrogen) atoms. The highest BCUT2D eigenvalue weighted by atomic mass is 32.2. The number of hydrogen-bond donors (Lipinski definition) is 1. The molecule has 0 bridgehead atoms. The summed E-state index contributed by atoms with van der Waals surface area (Å²) in [5.41, 5.74) is 0. The zero-order chi connectivity index (χ0) is 13.7. The number of anilines is 1. The van der Waals surface area contributed by atoms with Crippen molar-refractivity contribution >= 4 is 17.6 Å². The summed E-state index contributed by atoms with van der Waals surface area (Å²) in [6.45, 7) is 4.72. The zero-order valence-corrected chi connectivity index (χ0v) is 12.7. The van der Waals surface area contributed by atoms with Gasteiger partial charge in [-0.05, 0) is 32.6 Å². The molecule has 106 valence electrons. The highest BCUT2D eigenvalue weighted by molar-refractivity contribution is 7.98. The molecule has 0 unspecified atom stereocenters. The van der Waals surface area contributed by atoms with Gasteiger partial charge in [0.2, 0.25) is 5.88 Å². The van der Waals surface area contributed by atoms with E-state index in [2.05, 4.69) is 27.2 Å². The molecule has 0 spiro atoms. The number of rotatable bonds is 5. The van der Waals surface area contributed by atoms with Crippen molar-refractivity contribution in [2.24, 2.45) is 0 Å². The van der Waals surface area contributed by atoms with Crippen LogP contribution in [0.3, 0.4) is 0 Å². The molecule has 0 saturated carbocycles. The van der Waals surface area contributed by atoms with E-state index >= 15 is 0 Å². The van der Waals surface area contributed by atoms with Gasteiger partial charge in [-0.25, -0.2) is 4.98 Å². The summed E-state index contributed by atoms with van der Waals surface area (Å²) in [6, 6.07) is 2.42. The van der Waals surface area contributed by atoms with Crippen LogP contribution < -0.4 is 15.0 Å². The molecule has 2 heterocycles. The van der Waals surface area contributed by atoms with Crippen LogP contribution in [-0.4, -0.2) is 49.0 Å². The Kier molecular flexibility index (Phi) is 5.27. The largest absolute Gasteiger partial charge is 0.478 e. The third kappa shape index (κ3) is 3.73. The number of thioether (sulfide) groups is 1. The fraction of sp³-hybridized carbons (Fsp3) is 0.692. The first-order chi connectivity index (χ1) is 9.24. The molecule has 0 aliphatic carbocycles. The fourth-order valence-corrected chi connectivity index (χ4v) is 2.60. The molecule has 1 aromatic rings. The SMILES string of the molecule is CCOc1cc(N(C)[C@@H]2CCCNC2)nc(SC)n1. The van der Waals surface area contributed by atoms with Gasteiger partial charge >= 0.3 is 0 Å². The summed E-state index contributed by atoms with van der Waals surface area (Å²) in [5, 5.41) is 4.19. The van der Waals surface area contributed by atoms with Gasteiger partial charge in [-0.2, -0.15) is 4.98 Å². The van der Waals surface area contributed by atoms with Crippen LogP contribution >= 0.6 is 11.8 Å². The first kappa shape index (κ1) is 14.4. The number of nitrogens with zero attached hydrogens (tertiary/aromatic N) is 3. The maximum atomic E-state index is 5.52. The van der Waals surface area contributed by atoms with Crippen molar-refractivity contribution in [3.63, 3.8) is 0 Å². The lowest BCUT2D eigenvalue weighted by Crippen LogP contribution is -2.44. The Hall–Kier alpha value is -1.01. The zero-order valence-electron chi connectivity index (χ0n) is 11.8. The van der Waals surface area contributed by atoms with Crippen LogP contribution in [0.5, 0.6) is 5.88 Å². The van der Waals surface area contributed by atoms with Crippen molar-refractivity contribution in [3.8, 4) is 5.88 Å². The lowest BCUT2D eigenvalue weighted by atomic mass is 10.1. The van der Waals surface area contributed by atoms with Gasteiger partial charge in [-0.3, -0.25) is 0 Å². The summed E-state index contributed by atoms with van der Waals surface area (Å²) in [5.74, 6) is 1.60. The minimum Gasteiger partial charge on any atom is -0.478 e. The van der Waals surface area contributed by atoms with E-state index in [1.165, 1.54) is 12.8 Å². The van der Waals surface area contributed by atoms with Gasteiger partial charge in [-0.1, -0.05) is 11.8 Å². The van der Waals surface area contributed by atoms with E-state index in [1.807, 2.05) is 19.2 Å². The molecule has 0 aromatic carbocycles. The lowest BCUT2D eigenvalue weighted by Gasteiger charge is -2.32. The van der Waals surface area contributed by atoms with Crippen LogP contribution in [0.15, 0.2) is 11.2 Å². The van der Waals surface area contributed by atoms with Crippen LogP contribution in [-0.2, 0) is 0 Å². The van der Waals surface area contributed by atoms with Gasteiger partial charge in [-0.15, -0.1) is 0 Å². The van der Waals surface area contributed by atoms with Crippen molar-refractivity contribution in [2.75, 3.05) is 37.9 Å². The molecule has 1 aromatic heterocycles. The Morgan fingerprint density at radius 1 is 1.53 bits per heavy atom. The second kappa shape index (κ2) is 6.96. The summed E-state index contributed by atoms with van der Waals surface area (Å²) in [4.78, 5) is 11.2. The summed E-state index contributed by atoms with van der Waals surface area (Å²) in [6.07, 6.45) is 4.40. The molecule has 1 saturated heterocycles. The predicted molar refractivity (Wildman–Crippen MR) is 79.3 cm³/mol. The van der Waals surface area contributed by atoms with E-state index in [1.54, 1.807) is 11.8 Å². The molecule has 2 rings (SSSR count). The quantitative estimate of drug-likeness (QED) is 0.656. The number of ether oxygens (including phenoxy) is 1. The van der Waals surface area contributed by atoms with Gasteiger partial charge in [0.1, 0.15) is 5.82 Å². The highest BCUT2D eigenvalue weighted by Gasteiger charge is 2.20. The second-order valence-corrected chi connectivity index (χ2v) is 5.37. The van der Waals surface area contributed by atoms with Crippen LogP contribution in [0.4, 0.5) is 5.82 Å². The minimum atomic E-state index is 0.493. The molecular weight excluding hydrogens is 260 g/mol. The van der Waals surface area contributed by atoms with Crippen LogP contribution in [0.1, 0.15) is 19.8 Å². The van der Waals surface area contributed by atoms with E-state index in [0.29, 0.717) is 18.5 Å². The van der Waals surface area contributed by atoms with E-state index in [4.69, 9.17) is 4.74 Å². The molecule has 1 aliphatic heterocycles. The normalized spacial score (nSPS) is 19.2. The molecule has 1 aliphatic rings. The van der Waals surface area contributed by atoms with Gasteiger partial charge < -0.3 is 15.0 Å². The number of hydrogen-bond acceptors (Lipinski definition) is 6. The Morgan fingerprint density at radius 3 is 3.00 bits per heavy atom. The topological polar surface area (TPSA) is 50.3 Å². The van der Waals surface area contributed by atoms with Crippen LogP contribution in [0.2, 0.25) is 0 Å². The molecular formula is C13H22N4OS. The number of likely N-dealkylation sites (N-methyl/N-ethyl adjacent to an activating group) is 1. The van der Waals surface area contributed by atoms with Crippen molar-refractivity contribution < 1.29 is 4.74 Å². The number of aromatic nitrogens is 2. The molecule has 1 atom stereocenters. The first-order valence-electron chi connectivity index (χ1n) is 6.74. The van der Waals surface area contributed by atoms with Gasteiger partial charge in [0.15, 0.2) is 5.16 Å². The van der Waals surface area contributed by atoms with E-state index in [9.17, 15) is 0 Å². The Balaban J connectivity index is 2.18. The smallest absolute Gasteiger partial charge is 0.219 e. The van der Waals surface area contributed by atoms with Crippen molar-refractivity contribution in [3.05, 3.63) is 6.07 Å². The van der Waals surface area contributed by atoms with Gasteiger partial charge in [0, 0.05) is 25.7 Å². The van der Waals surface area contributed by atoms with Crippen LogP contribution in [0, 0.1) is 0 Å². The first-order valence-corrected chi connectivity index (χ1v) is 7.96. The second-order valence-electron chi connectivity index (χ2n) is 4.60. The third-order valence-corrected chi connectivity index (χ3v) is 3.87. The molecule has 1 N–H and O–H groups in total. The lowest BCUT2D eigenvalue weighted by molar-refractivity contribution is 0.323. The number of piperidine rings is 1. The summed E-state index contributed by atoms with van der Waals surface area (Å²) in [7, 11) is 2.10. The Labute approximate surface area is 119 Å². The number of nitrogens with one attached hydrogen (secondary N) is 1. The average molecular weight is 282 g/mol. The predicted octanol–water partition coefficient (Wildman–Crippen LogP) is 1.79. The Morgan fingerprint density at radius 2 is 2.37 bits per heavy atom. The molecule has 0 amide bonds. The fourth-order valence-electron chi connectivity index (χ4n) is 2.24. The van der Waals surface area contributed by atoms with E-state index in [-0.39, 0.29) is 0 Å². The van der Waals surface area contributed by atoms with Gasteiger partial charge in [0.25, 0.3) is 0 Å². The molecule has 1 fully saturated rings. The minimum absolute atomic E-state index is 0.493. The highest BCUT2D eigenvalue weighted by Crippen LogP contribution is 2.23. The molecule has 5 nitrogen and oxygen atoms in total. The van der Waals surface area contributed by atoms with Gasteiger partial charge in [0.05, 0.1) is 6.61 Å².